The molecular weight excluding hydrogens is 410 g/mol. The van der Waals surface area contributed by atoms with Gasteiger partial charge in [0.05, 0.1) is 41.2 Å². The highest BCUT2D eigenvalue weighted by atomic mass is 16.5. The van der Waals surface area contributed by atoms with Crippen molar-refractivity contribution in [3.63, 3.8) is 0 Å². The number of rotatable bonds is 13. The van der Waals surface area contributed by atoms with Gasteiger partial charge in [-0.2, -0.15) is 0 Å². The molecule has 0 spiro atoms. The molecule has 0 aliphatic rings. The summed E-state index contributed by atoms with van der Waals surface area (Å²) in [7, 11) is 6.54. The molecule has 0 aliphatic heterocycles. The predicted molar refractivity (Wildman–Crippen MR) is 126 cm³/mol. The molecule has 0 aliphatic carbocycles. The first-order valence-corrected chi connectivity index (χ1v) is 10.6. The first-order chi connectivity index (χ1) is 15.6. The molecule has 8 heteroatoms. The maximum absolute atomic E-state index is 5.65. The van der Waals surface area contributed by atoms with Gasteiger partial charge >= 0.3 is 0 Å². The third kappa shape index (κ3) is 7.94. The molecule has 2 aromatic carbocycles. The minimum Gasteiger partial charge on any atom is -0.493 e. The van der Waals surface area contributed by atoms with Crippen LogP contribution < -0.4 is 24.8 Å². The Balaban J connectivity index is 1.89. The number of aliphatic imine (C=N–C) groups is 1. The lowest BCUT2D eigenvalue weighted by atomic mass is 10.1. The Kier molecular flexibility index (Phi) is 11.2. The van der Waals surface area contributed by atoms with Crippen LogP contribution in [0.25, 0.3) is 0 Å². The molecule has 2 aromatic rings. The number of hydrogen-bond donors (Lipinski definition) is 2. The molecule has 0 aromatic heterocycles. The van der Waals surface area contributed by atoms with Crippen molar-refractivity contribution >= 4 is 5.96 Å². The maximum atomic E-state index is 5.65. The van der Waals surface area contributed by atoms with Crippen molar-refractivity contribution in [3.05, 3.63) is 53.1 Å². The van der Waals surface area contributed by atoms with Gasteiger partial charge < -0.3 is 34.3 Å². The molecule has 176 valence electrons. The summed E-state index contributed by atoms with van der Waals surface area (Å²) >= 11 is 0. The van der Waals surface area contributed by atoms with E-state index in [-0.39, 0.29) is 0 Å². The second-order valence-corrected chi connectivity index (χ2v) is 6.88. The Bertz CT molecular complexity index is 832. The molecule has 0 heterocycles. The van der Waals surface area contributed by atoms with Crippen molar-refractivity contribution in [2.75, 3.05) is 48.2 Å². The predicted octanol–water partition coefficient (Wildman–Crippen LogP) is 3.13. The normalized spacial score (nSPS) is 11.2. The van der Waals surface area contributed by atoms with Gasteiger partial charge in [0.15, 0.2) is 17.5 Å². The lowest BCUT2D eigenvalue weighted by Gasteiger charge is -2.16. The summed E-state index contributed by atoms with van der Waals surface area (Å²) in [4.78, 5) is 4.31. The summed E-state index contributed by atoms with van der Waals surface area (Å²) in [5.74, 6) is 2.50. The fourth-order valence-corrected chi connectivity index (χ4v) is 3.11. The number of methoxy groups -OCH3 is 3. The average Bonchev–Trinajstić information content (AvgIpc) is 2.83. The number of nitrogens with one attached hydrogen (secondary N) is 2. The van der Waals surface area contributed by atoms with Crippen LogP contribution in [0.5, 0.6) is 17.2 Å². The SMILES string of the molecule is CCOCCOCc1cccc(CNC(=NC)NCc2cc(OC)c(OC)c(OC)c2)c1. The third-order valence-corrected chi connectivity index (χ3v) is 4.70. The second kappa shape index (κ2) is 14.2. The summed E-state index contributed by atoms with van der Waals surface area (Å²) < 4.78 is 27.2. The smallest absolute Gasteiger partial charge is 0.203 e. The molecule has 0 bridgehead atoms. The van der Waals surface area contributed by atoms with Crippen LogP contribution in [0.2, 0.25) is 0 Å². The molecule has 8 nitrogen and oxygen atoms in total. The number of ether oxygens (including phenoxy) is 5. The van der Waals surface area contributed by atoms with Gasteiger partial charge in [0.1, 0.15) is 0 Å². The Hall–Kier alpha value is -2.97. The number of nitrogens with zero attached hydrogens (tertiary/aromatic N) is 1. The van der Waals surface area contributed by atoms with Crippen molar-refractivity contribution in [2.24, 2.45) is 4.99 Å². The molecule has 0 atom stereocenters. The van der Waals surface area contributed by atoms with Crippen molar-refractivity contribution in [1.29, 1.82) is 0 Å². The van der Waals surface area contributed by atoms with E-state index in [1.807, 2.05) is 25.1 Å². The molecule has 2 rings (SSSR count). The van der Waals surface area contributed by atoms with E-state index in [0.717, 1.165) is 16.7 Å². The highest BCUT2D eigenvalue weighted by molar-refractivity contribution is 5.79. The first kappa shape index (κ1) is 25.3. The van der Waals surface area contributed by atoms with E-state index in [1.54, 1.807) is 28.4 Å². The Morgan fingerprint density at radius 3 is 2.03 bits per heavy atom. The van der Waals surface area contributed by atoms with E-state index in [9.17, 15) is 0 Å². The van der Waals surface area contributed by atoms with Crippen LogP contribution in [0.3, 0.4) is 0 Å². The van der Waals surface area contributed by atoms with Gasteiger partial charge in [-0.25, -0.2) is 0 Å². The number of benzene rings is 2. The molecule has 0 amide bonds. The number of hydrogen-bond acceptors (Lipinski definition) is 6. The Labute approximate surface area is 190 Å². The zero-order valence-corrected chi connectivity index (χ0v) is 19.7. The van der Waals surface area contributed by atoms with Gasteiger partial charge in [-0.05, 0) is 35.7 Å². The molecule has 32 heavy (non-hydrogen) atoms. The second-order valence-electron chi connectivity index (χ2n) is 6.88. The van der Waals surface area contributed by atoms with Gasteiger partial charge in [-0.3, -0.25) is 4.99 Å². The van der Waals surface area contributed by atoms with E-state index >= 15 is 0 Å². The first-order valence-electron chi connectivity index (χ1n) is 10.6. The van der Waals surface area contributed by atoms with E-state index in [1.165, 1.54) is 0 Å². The standard InChI is InChI=1S/C24H35N3O5/c1-6-31-10-11-32-17-19-9-7-8-18(12-19)15-26-24(25-2)27-16-20-13-21(28-3)23(30-5)22(14-20)29-4/h7-9,12-14H,6,10-11,15-17H2,1-5H3,(H2,25,26,27). The van der Waals surface area contributed by atoms with Gasteiger partial charge in [0.2, 0.25) is 5.75 Å². The average molecular weight is 446 g/mol. The van der Waals surface area contributed by atoms with Gasteiger partial charge in [0, 0.05) is 26.7 Å². The van der Waals surface area contributed by atoms with Crippen molar-refractivity contribution in [3.8, 4) is 17.2 Å². The molecule has 0 saturated carbocycles. The summed E-state index contributed by atoms with van der Waals surface area (Å²) in [6.45, 7) is 5.64. The lowest BCUT2D eigenvalue weighted by molar-refractivity contribution is 0.0453. The van der Waals surface area contributed by atoms with E-state index in [2.05, 4.69) is 33.8 Å². The van der Waals surface area contributed by atoms with Gasteiger partial charge in [-0.15, -0.1) is 0 Å². The zero-order valence-electron chi connectivity index (χ0n) is 19.7. The monoisotopic (exact) mass is 445 g/mol. The fourth-order valence-electron chi connectivity index (χ4n) is 3.11. The van der Waals surface area contributed by atoms with Gasteiger partial charge in [0.25, 0.3) is 0 Å². The van der Waals surface area contributed by atoms with Crippen LogP contribution >= 0.6 is 0 Å². The summed E-state index contributed by atoms with van der Waals surface area (Å²) in [6, 6.07) is 12.1. The van der Waals surface area contributed by atoms with Crippen LogP contribution in [-0.2, 0) is 29.2 Å². The largest absolute Gasteiger partial charge is 0.493 e. The topological polar surface area (TPSA) is 82.6 Å². The van der Waals surface area contributed by atoms with E-state index in [0.29, 0.717) is 62.7 Å². The van der Waals surface area contributed by atoms with Crippen LogP contribution in [0.4, 0.5) is 0 Å². The van der Waals surface area contributed by atoms with Crippen LogP contribution in [0.15, 0.2) is 41.4 Å². The van der Waals surface area contributed by atoms with Crippen molar-refractivity contribution < 1.29 is 23.7 Å². The quantitative estimate of drug-likeness (QED) is 0.278. The summed E-state index contributed by atoms with van der Waals surface area (Å²) in [5, 5.41) is 6.65. The van der Waals surface area contributed by atoms with E-state index < -0.39 is 0 Å². The molecule has 0 saturated heterocycles. The van der Waals surface area contributed by atoms with Crippen LogP contribution in [-0.4, -0.2) is 54.2 Å². The molecule has 0 fully saturated rings. The highest BCUT2D eigenvalue weighted by Crippen LogP contribution is 2.38. The van der Waals surface area contributed by atoms with Crippen molar-refractivity contribution in [1.82, 2.24) is 10.6 Å². The molecule has 0 unspecified atom stereocenters. The highest BCUT2D eigenvalue weighted by Gasteiger charge is 2.13. The van der Waals surface area contributed by atoms with E-state index in [4.69, 9.17) is 23.7 Å². The summed E-state index contributed by atoms with van der Waals surface area (Å²) in [6.07, 6.45) is 0. The number of guanidine groups is 1. The zero-order chi connectivity index (χ0) is 23.2. The minimum atomic E-state index is 0.546. The van der Waals surface area contributed by atoms with Gasteiger partial charge in [-0.1, -0.05) is 24.3 Å². The molecule has 0 radical (unpaired) electrons. The lowest BCUT2D eigenvalue weighted by Crippen LogP contribution is -2.36. The van der Waals surface area contributed by atoms with Crippen molar-refractivity contribution in [2.45, 2.75) is 26.6 Å². The molecule has 2 N–H and O–H groups in total. The van der Waals surface area contributed by atoms with Crippen LogP contribution in [0, 0.1) is 0 Å². The van der Waals surface area contributed by atoms with Crippen LogP contribution in [0.1, 0.15) is 23.6 Å². The third-order valence-electron chi connectivity index (χ3n) is 4.70. The molecular formula is C24H35N3O5. The maximum Gasteiger partial charge on any atom is 0.203 e. The Morgan fingerprint density at radius 1 is 0.812 bits per heavy atom. The fraction of sp³-hybridized carbons (Fsp3) is 0.458. The summed E-state index contributed by atoms with van der Waals surface area (Å²) in [5.41, 5.74) is 3.25. The Morgan fingerprint density at radius 2 is 1.44 bits per heavy atom. The minimum absolute atomic E-state index is 0.546.